The Balaban J connectivity index is 2.42. The second-order valence-corrected chi connectivity index (χ2v) is 5.00. The van der Waals surface area contributed by atoms with E-state index in [2.05, 4.69) is 52.4 Å². The van der Waals surface area contributed by atoms with Gasteiger partial charge in [0.1, 0.15) is 4.60 Å². The summed E-state index contributed by atoms with van der Waals surface area (Å²) in [7, 11) is 0. The lowest BCUT2D eigenvalue weighted by molar-refractivity contribution is 0.920. The van der Waals surface area contributed by atoms with E-state index < -0.39 is 0 Å². The smallest absolute Gasteiger partial charge is 0.106 e. The quantitative estimate of drug-likeness (QED) is 0.634. The van der Waals surface area contributed by atoms with Gasteiger partial charge in [0.15, 0.2) is 0 Å². The Morgan fingerprint density at radius 2 is 2.28 bits per heavy atom. The molecule has 0 aliphatic heterocycles. The first-order valence-electron chi connectivity index (χ1n) is 5.98. The highest BCUT2D eigenvalue weighted by atomic mass is 79.9. The maximum atomic E-state index is 4.49. The van der Waals surface area contributed by atoms with Crippen molar-refractivity contribution in [2.75, 3.05) is 0 Å². The van der Waals surface area contributed by atoms with E-state index in [0.29, 0.717) is 0 Å². The van der Waals surface area contributed by atoms with Gasteiger partial charge in [-0.15, -0.1) is 6.58 Å². The first-order chi connectivity index (χ1) is 8.65. The molecule has 0 spiro atoms. The van der Waals surface area contributed by atoms with E-state index in [1.807, 2.05) is 29.2 Å². The normalized spacial score (nSPS) is 12.4. The van der Waals surface area contributed by atoms with Gasteiger partial charge in [0.05, 0.1) is 23.4 Å². The van der Waals surface area contributed by atoms with Crippen LogP contribution in [0.15, 0.2) is 41.9 Å². The van der Waals surface area contributed by atoms with Crippen molar-refractivity contribution < 1.29 is 0 Å². The number of hydrogen-bond acceptors (Lipinski definition) is 2. The Labute approximate surface area is 116 Å². The van der Waals surface area contributed by atoms with Crippen molar-refractivity contribution in [3.63, 3.8) is 0 Å². The van der Waals surface area contributed by atoms with E-state index >= 15 is 0 Å². The van der Waals surface area contributed by atoms with Gasteiger partial charge in [-0.3, -0.25) is 0 Å². The molecule has 3 nitrogen and oxygen atoms in total. The van der Waals surface area contributed by atoms with Crippen molar-refractivity contribution in [3.05, 3.63) is 53.3 Å². The van der Waals surface area contributed by atoms with Crippen molar-refractivity contribution in [1.29, 1.82) is 0 Å². The summed E-state index contributed by atoms with van der Waals surface area (Å²) in [5.41, 5.74) is 3.16. The molecule has 0 N–H and O–H groups in total. The van der Waals surface area contributed by atoms with Crippen LogP contribution in [-0.4, -0.2) is 14.5 Å². The van der Waals surface area contributed by atoms with Crippen LogP contribution in [0.25, 0.3) is 5.69 Å². The van der Waals surface area contributed by atoms with Gasteiger partial charge in [-0.05, 0) is 34.5 Å². The Morgan fingerprint density at radius 1 is 1.50 bits per heavy atom. The van der Waals surface area contributed by atoms with Crippen LogP contribution in [0, 0.1) is 0 Å². The molecule has 0 bridgehead atoms. The summed E-state index contributed by atoms with van der Waals surface area (Å²) in [5, 5.41) is 0. The van der Waals surface area contributed by atoms with Crippen LogP contribution in [0.5, 0.6) is 0 Å². The Bertz CT molecular complexity index is 560. The Kier molecular flexibility index (Phi) is 3.97. The second kappa shape index (κ2) is 5.48. The number of aromatic nitrogens is 3. The molecule has 0 saturated heterocycles. The molecule has 0 saturated carbocycles. The highest BCUT2D eigenvalue weighted by molar-refractivity contribution is 9.10. The molecular formula is C14H16BrN3. The zero-order valence-corrected chi connectivity index (χ0v) is 12.2. The maximum absolute atomic E-state index is 4.49. The molecule has 4 heteroatoms. The van der Waals surface area contributed by atoms with Gasteiger partial charge in [0.25, 0.3) is 0 Å². The minimum Gasteiger partial charge on any atom is -0.304 e. The summed E-state index contributed by atoms with van der Waals surface area (Å²) in [6.45, 7) is 7.98. The van der Waals surface area contributed by atoms with Gasteiger partial charge in [0, 0.05) is 12.1 Å². The molecule has 1 atom stereocenters. The molecule has 2 aromatic rings. The number of halogens is 1. The van der Waals surface area contributed by atoms with Gasteiger partial charge in [-0.2, -0.15) is 0 Å². The third-order valence-electron chi connectivity index (χ3n) is 2.95. The molecule has 2 aromatic heterocycles. The van der Waals surface area contributed by atoms with Crippen molar-refractivity contribution in [2.24, 2.45) is 0 Å². The molecule has 0 fully saturated rings. The van der Waals surface area contributed by atoms with E-state index in [9.17, 15) is 0 Å². The van der Waals surface area contributed by atoms with Crippen molar-refractivity contribution in [2.45, 2.75) is 26.2 Å². The summed E-state index contributed by atoms with van der Waals surface area (Å²) in [4.78, 5) is 8.90. The van der Waals surface area contributed by atoms with E-state index in [1.54, 1.807) is 0 Å². The maximum Gasteiger partial charge on any atom is 0.106 e. The highest BCUT2D eigenvalue weighted by Gasteiger charge is 2.09. The number of nitrogens with zero attached hydrogens (tertiary/aromatic N) is 3. The predicted octanol–water partition coefficient (Wildman–Crippen LogP) is 3.88. The number of imidazole rings is 1. The standard InChI is InChI=1S/C14H16BrN3/c1-4-10(3)12-8-18(9-16-12)13-6-7-14(15)17-11(13)5-2/h4,6-10H,1,5H2,2-3H3. The summed E-state index contributed by atoms with van der Waals surface area (Å²) in [6, 6.07) is 4.01. The Hall–Kier alpha value is -1.42. The number of pyridine rings is 1. The monoisotopic (exact) mass is 305 g/mol. The minimum absolute atomic E-state index is 0.264. The van der Waals surface area contributed by atoms with Crippen LogP contribution in [-0.2, 0) is 6.42 Å². The van der Waals surface area contributed by atoms with Crippen LogP contribution in [0.2, 0.25) is 0 Å². The van der Waals surface area contributed by atoms with Gasteiger partial charge >= 0.3 is 0 Å². The van der Waals surface area contributed by atoms with Crippen molar-refractivity contribution in [1.82, 2.24) is 14.5 Å². The topological polar surface area (TPSA) is 30.7 Å². The number of hydrogen-bond donors (Lipinski definition) is 0. The summed E-state index contributed by atoms with van der Waals surface area (Å²) >= 11 is 3.40. The Morgan fingerprint density at radius 3 is 2.94 bits per heavy atom. The average molecular weight is 306 g/mol. The lowest BCUT2D eigenvalue weighted by atomic mass is 10.1. The number of allylic oxidation sites excluding steroid dienone is 1. The molecule has 0 aliphatic carbocycles. The van der Waals surface area contributed by atoms with E-state index in [0.717, 1.165) is 28.1 Å². The SMILES string of the molecule is C=CC(C)c1cn(-c2ccc(Br)nc2CC)cn1. The van der Waals surface area contributed by atoms with Crippen LogP contribution in [0.4, 0.5) is 0 Å². The molecule has 0 aliphatic rings. The van der Waals surface area contributed by atoms with Gasteiger partial charge < -0.3 is 4.57 Å². The molecule has 18 heavy (non-hydrogen) atoms. The van der Waals surface area contributed by atoms with Crippen LogP contribution >= 0.6 is 15.9 Å². The second-order valence-electron chi connectivity index (χ2n) is 4.18. The number of aryl methyl sites for hydroxylation is 1. The van der Waals surface area contributed by atoms with Crippen LogP contribution < -0.4 is 0 Å². The fourth-order valence-corrected chi connectivity index (χ4v) is 2.13. The molecule has 94 valence electrons. The average Bonchev–Trinajstić information content (AvgIpc) is 2.87. The van der Waals surface area contributed by atoms with E-state index in [1.165, 1.54) is 0 Å². The van der Waals surface area contributed by atoms with Crippen LogP contribution in [0.3, 0.4) is 0 Å². The van der Waals surface area contributed by atoms with Crippen molar-refractivity contribution in [3.8, 4) is 5.69 Å². The van der Waals surface area contributed by atoms with E-state index in [-0.39, 0.29) is 5.92 Å². The molecule has 1 unspecified atom stereocenters. The minimum atomic E-state index is 0.264. The lowest BCUT2D eigenvalue weighted by Gasteiger charge is -2.08. The predicted molar refractivity (Wildman–Crippen MR) is 77.0 cm³/mol. The molecule has 0 aromatic carbocycles. The molecule has 2 heterocycles. The molecular weight excluding hydrogens is 290 g/mol. The fourth-order valence-electron chi connectivity index (χ4n) is 1.79. The highest BCUT2D eigenvalue weighted by Crippen LogP contribution is 2.20. The first kappa shape index (κ1) is 13.0. The van der Waals surface area contributed by atoms with Gasteiger partial charge in [-0.25, -0.2) is 9.97 Å². The van der Waals surface area contributed by atoms with E-state index in [4.69, 9.17) is 0 Å². The van der Waals surface area contributed by atoms with Gasteiger partial charge in [-0.1, -0.05) is 19.9 Å². The summed E-state index contributed by atoms with van der Waals surface area (Å²) in [6.07, 6.45) is 6.66. The molecule has 0 radical (unpaired) electrons. The van der Waals surface area contributed by atoms with Gasteiger partial charge in [0.2, 0.25) is 0 Å². The first-order valence-corrected chi connectivity index (χ1v) is 6.77. The molecule has 2 rings (SSSR count). The third-order valence-corrected chi connectivity index (χ3v) is 3.39. The summed E-state index contributed by atoms with van der Waals surface area (Å²) < 4.78 is 2.89. The molecule has 0 amide bonds. The number of rotatable bonds is 4. The van der Waals surface area contributed by atoms with Crippen LogP contribution in [0.1, 0.15) is 31.2 Å². The lowest BCUT2D eigenvalue weighted by Crippen LogP contribution is -1.99. The summed E-state index contributed by atoms with van der Waals surface area (Å²) in [5.74, 6) is 0.264. The third kappa shape index (κ3) is 2.53. The van der Waals surface area contributed by atoms with Crippen molar-refractivity contribution >= 4 is 15.9 Å². The zero-order valence-electron chi connectivity index (χ0n) is 10.6. The zero-order chi connectivity index (χ0) is 13.1. The largest absolute Gasteiger partial charge is 0.304 e. The fraction of sp³-hybridized carbons (Fsp3) is 0.286.